The minimum atomic E-state index is 0.503. The van der Waals surface area contributed by atoms with E-state index in [0.29, 0.717) is 5.41 Å². The molecule has 0 nitrogen and oxygen atoms in total. The van der Waals surface area contributed by atoms with Crippen molar-refractivity contribution in [2.24, 2.45) is 17.3 Å². The Morgan fingerprint density at radius 2 is 2.23 bits per heavy atom. The van der Waals surface area contributed by atoms with Crippen LogP contribution in [-0.4, -0.2) is 0 Å². The summed E-state index contributed by atoms with van der Waals surface area (Å²) in [5.41, 5.74) is 2.11. The fourth-order valence-corrected chi connectivity index (χ4v) is 3.15. The molecule has 0 spiro atoms. The van der Waals surface area contributed by atoms with Crippen molar-refractivity contribution in [2.75, 3.05) is 0 Å². The van der Waals surface area contributed by atoms with E-state index in [1.807, 2.05) is 0 Å². The second-order valence-corrected chi connectivity index (χ2v) is 5.10. The molecule has 2 atom stereocenters. The Labute approximate surface area is 81.7 Å². The lowest BCUT2D eigenvalue weighted by Crippen LogP contribution is -2.29. The number of rotatable bonds is 1. The van der Waals surface area contributed by atoms with E-state index >= 15 is 0 Å². The van der Waals surface area contributed by atoms with Gasteiger partial charge in [-0.1, -0.05) is 39.0 Å². The Morgan fingerprint density at radius 1 is 1.46 bits per heavy atom. The van der Waals surface area contributed by atoms with Crippen LogP contribution in [0.3, 0.4) is 0 Å². The first-order valence-corrected chi connectivity index (χ1v) is 5.52. The van der Waals surface area contributed by atoms with Crippen molar-refractivity contribution in [1.82, 2.24) is 0 Å². The van der Waals surface area contributed by atoms with E-state index < -0.39 is 0 Å². The first kappa shape index (κ1) is 9.05. The zero-order valence-corrected chi connectivity index (χ0v) is 9.01. The average molecular weight is 176 g/mol. The second kappa shape index (κ2) is 3.01. The Bertz CT molecular complexity index is 257. The molecule has 0 radical (unpaired) electrons. The summed E-state index contributed by atoms with van der Waals surface area (Å²) >= 11 is 0. The monoisotopic (exact) mass is 176 g/mol. The number of fused-ring (bicyclic) bond motifs is 1. The first-order chi connectivity index (χ1) is 6.14. The summed E-state index contributed by atoms with van der Waals surface area (Å²) in [4.78, 5) is 0. The van der Waals surface area contributed by atoms with Gasteiger partial charge in [-0.3, -0.25) is 0 Å². The third-order valence-electron chi connectivity index (χ3n) is 4.00. The van der Waals surface area contributed by atoms with E-state index in [0.717, 1.165) is 11.8 Å². The summed E-state index contributed by atoms with van der Waals surface area (Å²) in [6.45, 7) is 7.19. The van der Waals surface area contributed by atoms with Crippen LogP contribution in [0.15, 0.2) is 23.8 Å². The fourth-order valence-electron chi connectivity index (χ4n) is 3.15. The van der Waals surface area contributed by atoms with Gasteiger partial charge in [0.2, 0.25) is 0 Å². The summed E-state index contributed by atoms with van der Waals surface area (Å²) in [5.74, 6) is 1.71. The molecule has 0 fully saturated rings. The van der Waals surface area contributed by atoms with Crippen molar-refractivity contribution in [3.8, 4) is 0 Å². The van der Waals surface area contributed by atoms with Crippen molar-refractivity contribution >= 4 is 0 Å². The molecule has 13 heavy (non-hydrogen) atoms. The van der Waals surface area contributed by atoms with Gasteiger partial charge in [-0.2, -0.15) is 0 Å². The predicted octanol–water partition coefficient (Wildman–Crippen LogP) is 3.95. The maximum Gasteiger partial charge on any atom is -0.00420 e. The van der Waals surface area contributed by atoms with Crippen LogP contribution in [-0.2, 0) is 0 Å². The van der Waals surface area contributed by atoms with Gasteiger partial charge in [-0.05, 0) is 42.1 Å². The molecule has 0 aromatic carbocycles. The lowest BCUT2D eigenvalue weighted by molar-refractivity contribution is 0.186. The van der Waals surface area contributed by atoms with Crippen molar-refractivity contribution in [3.63, 3.8) is 0 Å². The van der Waals surface area contributed by atoms with Crippen LogP contribution < -0.4 is 0 Å². The zero-order chi connectivity index (χ0) is 9.47. The maximum absolute atomic E-state index is 2.46. The van der Waals surface area contributed by atoms with Gasteiger partial charge in [0.25, 0.3) is 0 Å². The molecule has 0 heteroatoms. The Morgan fingerprint density at radius 3 is 2.92 bits per heavy atom. The highest BCUT2D eigenvalue weighted by Gasteiger charge is 2.41. The molecule has 0 aromatic heterocycles. The second-order valence-electron chi connectivity index (χ2n) is 5.10. The van der Waals surface area contributed by atoms with E-state index in [1.165, 1.54) is 19.3 Å². The van der Waals surface area contributed by atoms with Crippen LogP contribution in [0, 0.1) is 17.3 Å². The first-order valence-electron chi connectivity index (χ1n) is 5.52. The Kier molecular flexibility index (Phi) is 2.09. The highest BCUT2D eigenvalue weighted by atomic mass is 14.5. The molecule has 0 amide bonds. The summed E-state index contributed by atoms with van der Waals surface area (Å²) in [6, 6.07) is 0. The number of hydrogen-bond acceptors (Lipinski definition) is 0. The molecular weight excluding hydrogens is 156 g/mol. The molecule has 2 aliphatic rings. The Hall–Kier alpha value is -0.520. The van der Waals surface area contributed by atoms with Crippen LogP contribution in [0.2, 0.25) is 0 Å². The molecule has 0 aliphatic heterocycles. The van der Waals surface area contributed by atoms with Crippen LogP contribution in [0.4, 0.5) is 0 Å². The van der Waals surface area contributed by atoms with E-state index in [9.17, 15) is 0 Å². The zero-order valence-electron chi connectivity index (χ0n) is 9.01. The predicted molar refractivity (Wildman–Crippen MR) is 57.5 cm³/mol. The van der Waals surface area contributed by atoms with Gasteiger partial charge in [-0.15, -0.1) is 0 Å². The SMILES string of the molecule is CC(C)[C@H]1CC=C2C=CCC[C@@]21C. The molecule has 0 N–H and O–H groups in total. The van der Waals surface area contributed by atoms with E-state index in [2.05, 4.69) is 39.0 Å². The topological polar surface area (TPSA) is 0 Å². The smallest absolute Gasteiger partial charge is 0.00420 e. The quantitative estimate of drug-likeness (QED) is 0.567. The molecule has 0 unspecified atom stereocenters. The standard InChI is InChI=1S/C13H20/c1-10(2)12-8-7-11-6-4-5-9-13(11,12)3/h4,6-7,10,12H,5,8-9H2,1-3H3/t12-,13+/m1/s1. The minimum Gasteiger partial charge on any atom is -0.0842 e. The van der Waals surface area contributed by atoms with Crippen LogP contribution in [0.5, 0.6) is 0 Å². The highest BCUT2D eigenvalue weighted by Crippen LogP contribution is 2.52. The van der Waals surface area contributed by atoms with E-state index in [1.54, 1.807) is 5.57 Å². The van der Waals surface area contributed by atoms with Crippen molar-refractivity contribution in [3.05, 3.63) is 23.8 Å². The van der Waals surface area contributed by atoms with Gasteiger partial charge in [-0.25, -0.2) is 0 Å². The van der Waals surface area contributed by atoms with E-state index in [-0.39, 0.29) is 0 Å². The molecule has 0 bridgehead atoms. The molecule has 0 heterocycles. The van der Waals surface area contributed by atoms with Crippen molar-refractivity contribution in [1.29, 1.82) is 0 Å². The molecular formula is C13H20. The summed E-state index contributed by atoms with van der Waals surface area (Å²) in [7, 11) is 0. The summed E-state index contributed by atoms with van der Waals surface area (Å²) in [6.07, 6.45) is 11.1. The van der Waals surface area contributed by atoms with Crippen LogP contribution in [0.25, 0.3) is 0 Å². The molecule has 0 aromatic rings. The normalized spacial score (nSPS) is 37.8. The largest absolute Gasteiger partial charge is 0.0842 e. The van der Waals surface area contributed by atoms with Gasteiger partial charge in [0.05, 0.1) is 0 Å². The molecule has 0 saturated carbocycles. The average Bonchev–Trinajstić information content (AvgIpc) is 2.41. The number of hydrogen-bond donors (Lipinski definition) is 0. The third kappa shape index (κ3) is 1.27. The van der Waals surface area contributed by atoms with E-state index in [4.69, 9.17) is 0 Å². The minimum absolute atomic E-state index is 0.503. The van der Waals surface area contributed by atoms with Gasteiger partial charge >= 0.3 is 0 Å². The molecule has 72 valence electrons. The summed E-state index contributed by atoms with van der Waals surface area (Å²) in [5, 5.41) is 0. The lowest BCUT2D eigenvalue weighted by atomic mass is 9.66. The van der Waals surface area contributed by atoms with Crippen molar-refractivity contribution < 1.29 is 0 Å². The van der Waals surface area contributed by atoms with Crippen LogP contribution >= 0.6 is 0 Å². The highest BCUT2D eigenvalue weighted by molar-refractivity contribution is 5.34. The fraction of sp³-hybridized carbons (Fsp3) is 0.692. The third-order valence-corrected chi connectivity index (χ3v) is 4.00. The maximum atomic E-state index is 2.46. The van der Waals surface area contributed by atoms with Crippen LogP contribution in [0.1, 0.15) is 40.0 Å². The summed E-state index contributed by atoms with van der Waals surface area (Å²) < 4.78 is 0. The molecule has 2 rings (SSSR count). The molecule has 2 aliphatic carbocycles. The van der Waals surface area contributed by atoms with Gasteiger partial charge in [0, 0.05) is 0 Å². The number of allylic oxidation sites excluding steroid dienone is 4. The van der Waals surface area contributed by atoms with Crippen molar-refractivity contribution in [2.45, 2.75) is 40.0 Å². The van der Waals surface area contributed by atoms with Gasteiger partial charge < -0.3 is 0 Å². The van der Waals surface area contributed by atoms with Gasteiger partial charge in [0.1, 0.15) is 0 Å². The van der Waals surface area contributed by atoms with Gasteiger partial charge in [0.15, 0.2) is 0 Å². The Balaban J connectivity index is 2.29. The lowest BCUT2D eigenvalue weighted by Gasteiger charge is -2.38. The molecule has 0 saturated heterocycles.